The van der Waals surface area contributed by atoms with Crippen molar-refractivity contribution in [1.29, 1.82) is 0 Å². The fourth-order valence-electron chi connectivity index (χ4n) is 3.56. The molecule has 5 nitrogen and oxygen atoms in total. The molecular formula is C18H26N2O3. The van der Waals surface area contributed by atoms with E-state index >= 15 is 0 Å². The van der Waals surface area contributed by atoms with E-state index in [9.17, 15) is 4.79 Å². The second-order valence-corrected chi connectivity index (χ2v) is 6.48. The Balaban J connectivity index is 1.60. The predicted molar refractivity (Wildman–Crippen MR) is 87.5 cm³/mol. The molecule has 1 heterocycles. The summed E-state index contributed by atoms with van der Waals surface area (Å²) in [5.41, 5.74) is 3.40. The lowest BCUT2D eigenvalue weighted by atomic mass is 9.76. The lowest BCUT2D eigenvalue weighted by molar-refractivity contribution is -0.186. The van der Waals surface area contributed by atoms with Crippen molar-refractivity contribution in [2.45, 2.75) is 63.2 Å². The van der Waals surface area contributed by atoms with Gasteiger partial charge < -0.3 is 10.1 Å². The highest BCUT2D eigenvalue weighted by Gasteiger charge is 2.35. The van der Waals surface area contributed by atoms with Crippen molar-refractivity contribution in [2.75, 3.05) is 6.61 Å². The van der Waals surface area contributed by atoms with Crippen molar-refractivity contribution in [1.82, 2.24) is 10.8 Å². The van der Waals surface area contributed by atoms with Crippen molar-refractivity contribution < 1.29 is 14.4 Å². The van der Waals surface area contributed by atoms with Crippen LogP contribution in [0.3, 0.4) is 0 Å². The van der Waals surface area contributed by atoms with Crippen LogP contribution in [0.15, 0.2) is 30.3 Å². The van der Waals surface area contributed by atoms with Gasteiger partial charge in [-0.25, -0.2) is 15.1 Å². The highest BCUT2D eigenvalue weighted by molar-refractivity contribution is 5.74. The standard InChI is InChI=1S/C18H26N2O3/c21-17(20-23-16-11-5-8-14-22-16)19-18(12-6-2-7-13-18)15-9-3-1-4-10-15/h1,3-4,9-10,16H,2,5-8,11-14H2,(H2,19,20,21)/t16-/m1/s1. The van der Waals surface area contributed by atoms with Gasteiger partial charge in [-0.3, -0.25) is 0 Å². The Kier molecular flexibility index (Phi) is 5.51. The molecule has 1 aliphatic heterocycles. The molecule has 1 aromatic rings. The van der Waals surface area contributed by atoms with E-state index in [4.69, 9.17) is 9.57 Å². The predicted octanol–water partition coefficient (Wildman–Crippen LogP) is 3.60. The first kappa shape index (κ1) is 16.3. The number of amides is 2. The van der Waals surface area contributed by atoms with Crippen LogP contribution in [0.5, 0.6) is 0 Å². The third-order valence-electron chi connectivity index (χ3n) is 4.81. The van der Waals surface area contributed by atoms with Gasteiger partial charge >= 0.3 is 6.03 Å². The van der Waals surface area contributed by atoms with Gasteiger partial charge in [0, 0.05) is 13.0 Å². The lowest BCUT2D eigenvalue weighted by Gasteiger charge is -2.38. The zero-order chi connectivity index (χ0) is 16.0. The Morgan fingerprint density at radius 3 is 2.57 bits per heavy atom. The topological polar surface area (TPSA) is 59.6 Å². The largest absolute Gasteiger partial charge is 0.350 e. The van der Waals surface area contributed by atoms with Gasteiger partial charge in [0.25, 0.3) is 0 Å². The highest BCUT2D eigenvalue weighted by atomic mass is 16.8. The molecule has 0 unspecified atom stereocenters. The molecule has 2 fully saturated rings. The van der Waals surface area contributed by atoms with Crippen molar-refractivity contribution in [3.05, 3.63) is 35.9 Å². The average Bonchev–Trinajstić information content (AvgIpc) is 2.62. The van der Waals surface area contributed by atoms with Crippen LogP contribution in [-0.2, 0) is 15.1 Å². The maximum atomic E-state index is 12.3. The Labute approximate surface area is 137 Å². The third kappa shape index (κ3) is 4.24. The number of urea groups is 1. The van der Waals surface area contributed by atoms with Gasteiger partial charge in [-0.1, -0.05) is 49.6 Å². The first-order valence-electron chi connectivity index (χ1n) is 8.69. The number of ether oxygens (including phenoxy) is 1. The second-order valence-electron chi connectivity index (χ2n) is 6.48. The van der Waals surface area contributed by atoms with Crippen LogP contribution < -0.4 is 10.8 Å². The van der Waals surface area contributed by atoms with Gasteiger partial charge in [-0.2, -0.15) is 0 Å². The van der Waals surface area contributed by atoms with Gasteiger partial charge in [-0.15, -0.1) is 0 Å². The van der Waals surface area contributed by atoms with E-state index in [-0.39, 0.29) is 17.9 Å². The lowest BCUT2D eigenvalue weighted by Crippen LogP contribution is -2.51. The number of benzene rings is 1. The van der Waals surface area contributed by atoms with Gasteiger partial charge in [-0.05, 0) is 31.2 Å². The number of rotatable bonds is 4. The maximum Gasteiger partial charge on any atom is 0.339 e. The van der Waals surface area contributed by atoms with E-state index in [1.165, 1.54) is 12.0 Å². The molecule has 1 aliphatic carbocycles. The van der Waals surface area contributed by atoms with E-state index in [2.05, 4.69) is 22.9 Å². The number of hydroxylamine groups is 1. The van der Waals surface area contributed by atoms with Crippen molar-refractivity contribution >= 4 is 6.03 Å². The minimum atomic E-state index is -0.325. The fraction of sp³-hybridized carbons (Fsp3) is 0.611. The summed E-state index contributed by atoms with van der Waals surface area (Å²) >= 11 is 0. The van der Waals surface area contributed by atoms with Crippen molar-refractivity contribution in [3.63, 3.8) is 0 Å². The van der Waals surface area contributed by atoms with Crippen molar-refractivity contribution in [2.24, 2.45) is 0 Å². The van der Waals surface area contributed by atoms with Crippen LogP contribution in [0.2, 0.25) is 0 Å². The number of nitrogens with one attached hydrogen (secondary N) is 2. The minimum absolute atomic E-state index is 0.287. The van der Waals surface area contributed by atoms with Crippen LogP contribution in [0.25, 0.3) is 0 Å². The molecule has 23 heavy (non-hydrogen) atoms. The molecule has 1 saturated carbocycles. The third-order valence-corrected chi connectivity index (χ3v) is 4.81. The van der Waals surface area contributed by atoms with Crippen molar-refractivity contribution in [3.8, 4) is 0 Å². The molecule has 5 heteroatoms. The molecule has 3 rings (SSSR count). The molecule has 0 bridgehead atoms. The van der Waals surface area contributed by atoms with Crippen LogP contribution in [0.1, 0.15) is 56.9 Å². The summed E-state index contributed by atoms with van der Waals surface area (Å²) in [6.45, 7) is 0.696. The summed E-state index contributed by atoms with van der Waals surface area (Å²) in [5.74, 6) is 0. The van der Waals surface area contributed by atoms with Gasteiger partial charge in [0.15, 0.2) is 6.29 Å². The maximum absolute atomic E-state index is 12.3. The molecule has 2 N–H and O–H groups in total. The van der Waals surface area contributed by atoms with E-state index in [0.717, 1.165) is 44.9 Å². The molecule has 2 aliphatic rings. The summed E-state index contributed by atoms with van der Waals surface area (Å²) in [5, 5.41) is 3.16. The first-order valence-corrected chi connectivity index (χ1v) is 8.69. The first-order chi connectivity index (χ1) is 11.3. The molecule has 1 atom stereocenters. The summed E-state index contributed by atoms with van der Waals surface area (Å²) in [6.07, 6.45) is 8.03. The molecule has 1 saturated heterocycles. The second kappa shape index (κ2) is 7.79. The Morgan fingerprint density at radius 2 is 1.87 bits per heavy atom. The smallest absolute Gasteiger partial charge is 0.339 e. The molecule has 0 aromatic heterocycles. The quantitative estimate of drug-likeness (QED) is 0.834. The molecule has 0 spiro atoms. The average molecular weight is 318 g/mol. The van der Waals surface area contributed by atoms with Gasteiger partial charge in [0.2, 0.25) is 0 Å². The summed E-state index contributed by atoms with van der Waals surface area (Å²) in [4.78, 5) is 17.7. The molecule has 1 aromatic carbocycles. The highest BCUT2D eigenvalue weighted by Crippen LogP contribution is 2.36. The monoisotopic (exact) mass is 318 g/mol. The SMILES string of the molecule is O=C(NO[C@@H]1CCCCO1)NC1(c2ccccc2)CCCCC1. The molecular weight excluding hydrogens is 292 g/mol. The van der Waals surface area contributed by atoms with Crippen LogP contribution in [0.4, 0.5) is 4.79 Å². The van der Waals surface area contributed by atoms with E-state index in [1.54, 1.807) is 0 Å². The Hall–Kier alpha value is -1.59. The zero-order valence-corrected chi connectivity index (χ0v) is 13.6. The Morgan fingerprint density at radius 1 is 1.09 bits per heavy atom. The Bertz CT molecular complexity index is 494. The summed E-state index contributed by atoms with van der Waals surface area (Å²) in [7, 11) is 0. The fourth-order valence-corrected chi connectivity index (χ4v) is 3.56. The number of carbonyl (C=O) groups excluding carboxylic acids is 1. The zero-order valence-electron chi connectivity index (χ0n) is 13.6. The van der Waals surface area contributed by atoms with Crippen LogP contribution >= 0.6 is 0 Å². The number of hydrogen-bond acceptors (Lipinski definition) is 3. The molecule has 126 valence electrons. The molecule has 2 amide bonds. The van der Waals surface area contributed by atoms with Gasteiger partial charge in [0.1, 0.15) is 0 Å². The summed E-state index contributed by atoms with van der Waals surface area (Å²) in [6, 6.07) is 9.96. The number of hydrogen-bond donors (Lipinski definition) is 2. The van der Waals surface area contributed by atoms with E-state index < -0.39 is 0 Å². The molecule has 0 radical (unpaired) electrons. The van der Waals surface area contributed by atoms with E-state index in [1.807, 2.05) is 18.2 Å². The normalized spacial score (nSPS) is 23.9. The minimum Gasteiger partial charge on any atom is -0.350 e. The number of carbonyl (C=O) groups is 1. The van der Waals surface area contributed by atoms with Gasteiger partial charge in [0.05, 0.1) is 5.54 Å². The van der Waals surface area contributed by atoms with Crippen LogP contribution in [-0.4, -0.2) is 18.9 Å². The van der Waals surface area contributed by atoms with Crippen LogP contribution in [0, 0.1) is 0 Å². The van der Waals surface area contributed by atoms with E-state index in [0.29, 0.717) is 6.61 Å². The summed E-state index contributed by atoms with van der Waals surface area (Å²) < 4.78 is 5.46.